The van der Waals surface area contributed by atoms with E-state index in [9.17, 15) is 9.59 Å². The van der Waals surface area contributed by atoms with Crippen molar-refractivity contribution in [3.63, 3.8) is 0 Å². The first-order valence-corrected chi connectivity index (χ1v) is 12.3. The third-order valence-electron chi connectivity index (χ3n) is 6.55. The van der Waals surface area contributed by atoms with Gasteiger partial charge in [0, 0.05) is 25.7 Å². The molecule has 190 valence electrons. The molecule has 2 aliphatic rings. The Bertz CT molecular complexity index is 854. The second-order valence-corrected chi connectivity index (χ2v) is 9.81. The van der Waals surface area contributed by atoms with Crippen molar-refractivity contribution in [1.29, 1.82) is 0 Å². The van der Waals surface area contributed by atoms with Crippen molar-refractivity contribution in [3.05, 3.63) is 11.1 Å². The predicted octanol–water partition coefficient (Wildman–Crippen LogP) is 3.10. The molecule has 1 aromatic rings. The first kappa shape index (κ1) is 26.2. The van der Waals surface area contributed by atoms with Gasteiger partial charge in [-0.15, -0.1) is 0 Å². The van der Waals surface area contributed by atoms with Crippen LogP contribution in [0.25, 0.3) is 0 Å². The molecule has 10 nitrogen and oxygen atoms in total. The number of carboxylic acid groups (broad SMARTS) is 1. The average molecular weight is 500 g/mol. The molecule has 2 amide bonds. The molecule has 1 aromatic heterocycles. The minimum Gasteiger partial charge on any atom is -0.465 e. The maximum atomic E-state index is 15.4. The predicted molar refractivity (Wildman–Crippen MR) is 128 cm³/mol. The molecule has 4 N–H and O–H groups in total. The average Bonchev–Trinajstić information content (AvgIpc) is 3.30. The third kappa shape index (κ3) is 7.30. The fourth-order valence-electron chi connectivity index (χ4n) is 4.94. The van der Waals surface area contributed by atoms with E-state index in [1.807, 2.05) is 19.0 Å². The number of hydrogen-bond donors (Lipinski definition) is 4. The van der Waals surface area contributed by atoms with Gasteiger partial charge in [0.1, 0.15) is 0 Å². The van der Waals surface area contributed by atoms with Gasteiger partial charge in [0.15, 0.2) is 11.6 Å². The molecule has 12 heteroatoms. The lowest BCUT2D eigenvalue weighted by Crippen LogP contribution is -2.46. The summed E-state index contributed by atoms with van der Waals surface area (Å²) in [7, 11) is 3.94. The van der Waals surface area contributed by atoms with Crippen molar-refractivity contribution in [3.8, 4) is 0 Å². The molecule has 0 bridgehead atoms. The molecule has 0 unspecified atom stereocenters. The summed E-state index contributed by atoms with van der Waals surface area (Å²) in [5, 5.41) is 11.1. The summed E-state index contributed by atoms with van der Waals surface area (Å²) >= 11 is 6.12. The van der Waals surface area contributed by atoms with E-state index in [2.05, 4.69) is 31.0 Å². The van der Waals surface area contributed by atoms with E-state index in [1.54, 1.807) is 0 Å². The van der Waals surface area contributed by atoms with Crippen LogP contribution >= 0.6 is 11.6 Å². The quantitative estimate of drug-likeness (QED) is 0.286. The van der Waals surface area contributed by atoms with Crippen molar-refractivity contribution >= 4 is 35.2 Å². The second kappa shape index (κ2) is 12.3. The number of piperidine rings is 1. The SMILES string of the molecule is CN(C)C[C@@H]1CCCCN1c1nc(Cl)nc(NNC(=O)[C@@H](CNC(=O)O)CC2CCCC2)c1F. The van der Waals surface area contributed by atoms with Gasteiger partial charge in [-0.25, -0.2) is 4.79 Å². The maximum absolute atomic E-state index is 15.4. The Labute approximate surface area is 204 Å². The molecule has 1 aliphatic carbocycles. The monoisotopic (exact) mass is 499 g/mol. The highest BCUT2D eigenvalue weighted by molar-refractivity contribution is 6.28. The molecule has 2 fully saturated rings. The fraction of sp³-hybridized carbons (Fsp3) is 0.727. The first-order chi connectivity index (χ1) is 16.2. The number of hydrogen-bond acceptors (Lipinski definition) is 7. The second-order valence-electron chi connectivity index (χ2n) is 9.47. The normalized spacial score (nSPS) is 19.8. The van der Waals surface area contributed by atoms with Crippen molar-refractivity contribution in [2.75, 3.05) is 44.1 Å². The van der Waals surface area contributed by atoms with E-state index >= 15 is 4.39 Å². The highest BCUT2D eigenvalue weighted by atomic mass is 35.5. The van der Waals surface area contributed by atoms with Gasteiger partial charge in [-0.1, -0.05) is 25.7 Å². The summed E-state index contributed by atoms with van der Waals surface area (Å²) < 4.78 is 15.4. The molecule has 34 heavy (non-hydrogen) atoms. The smallest absolute Gasteiger partial charge is 0.404 e. The minimum absolute atomic E-state index is 0.0163. The zero-order chi connectivity index (χ0) is 24.7. The molecule has 1 saturated carbocycles. The molecule has 2 heterocycles. The lowest BCUT2D eigenvalue weighted by molar-refractivity contribution is -0.124. The number of amides is 2. The number of anilines is 2. The van der Waals surface area contributed by atoms with Crippen LogP contribution in [0.3, 0.4) is 0 Å². The van der Waals surface area contributed by atoms with Gasteiger partial charge >= 0.3 is 6.09 Å². The number of hydrazine groups is 1. The van der Waals surface area contributed by atoms with E-state index in [4.69, 9.17) is 16.7 Å². The van der Waals surface area contributed by atoms with Gasteiger partial charge in [-0.2, -0.15) is 14.4 Å². The zero-order valence-electron chi connectivity index (χ0n) is 19.8. The number of likely N-dealkylation sites (N-methyl/N-ethyl adjacent to an activating group) is 1. The molecule has 0 aromatic carbocycles. The summed E-state index contributed by atoms with van der Waals surface area (Å²) in [6, 6.07) is 0.0875. The molecule has 1 aliphatic heterocycles. The lowest BCUT2D eigenvalue weighted by Gasteiger charge is -2.38. The van der Waals surface area contributed by atoms with Crippen LogP contribution < -0.4 is 21.1 Å². The fourth-order valence-corrected chi connectivity index (χ4v) is 5.10. The molecule has 0 spiro atoms. The highest BCUT2D eigenvalue weighted by Gasteiger charge is 2.30. The van der Waals surface area contributed by atoms with Crippen LogP contribution in [-0.4, -0.2) is 71.7 Å². The van der Waals surface area contributed by atoms with Gasteiger partial charge < -0.3 is 20.2 Å². The number of carbonyl (C=O) groups excluding carboxylic acids is 1. The zero-order valence-corrected chi connectivity index (χ0v) is 20.6. The van der Waals surface area contributed by atoms with E-state index in [0.29, 0.717) is 18.9 Å². The van der Waals surface area contributed by atoms with Crippen LogP contribution in [0.15, 0.2) is 0 Å². The molecule has 0 radical (unpaired) electrons. The van der Waals surface area contributed by atoms with E-state index in [-0.39, 0.29) is 29.5 Å². The van der Waals surface area contributed by atoms with E-state index in [1.165, 1.54) is 0 Å². The number of halogens is 2. The Morgan fingerprint density at radius 1 is 1.21 bits per heavy atom. The number of rotatable bonds is 10. The van der Waals surface area contributed by atoms with E-state index in [0.717, 1.165) is 51.5 Å². The summed E-state index contributed by atoms with van der Waals surface area (Å²) in [4.78, 5) is 35.9. The third-order valence-corrected chi connectivity index (χ3v) is 6.72. The Hall–Kier alpha value is -2.40. The van der Waals surface area contributed by atoms with Crippen LogP contribution in [-0.2, 0) is 4.79 Å². The summed E-state index contributed by atoms with van der Waals surface area (Å²) in [5.74, 6) is -1.44. The Kier molecular flexibility index (Phi) is 9.52. The number of aromatic nitrogens is 2. The van der Waals surface area contributed by atoms with Gasteiger partial charge in [0.05, 0.1) is 5.92 Å². The minimum atomic E-state index is -1.19. The van der Waals surface area contributed by atoms with Crippen LogP contribution in [0.1, 0.15) is 51.4 Å². The number of nitrogens with zero attached hydrogens (tertiary/aromatic N) is 4. The Balaban J connectivity index is 1.71. The van der Waals surface area contributed by atoms with Crippen molar-refractivity contribution in [1.82, 2.24) is 25.6 Å². The van der Waals surface area contributed by atoms with Crippen molar-refractivity contribution in [2.24, 2.45) is 11.8 Å². The maximum Gasteiger partial charge on any atom is 0.404 e. The summed E-state index contributed by atoms with van der Waals surface area (Å²) in [6.45, 7) is 1.39. The van der Waals surface area contributed by atoms with Crippen molar-refractivity contribution < 1.29 is 19.1 Å². The largest absolute Gasteiger partial charge is 0.465 e. The van der Waals surface area contributed by atoms with Crippen LogP contribution in [0, 0.1) is 17.7 Å². The van der Waals surface area contributed by atoms with Gasteiger partial charge in [-0.3, -0.25) is 15.6 Å². The standard InChI is InChI=1S/C22H35ClFN7O3/c1-30(2)13-16-9-5-6-10-31(16)19-17(24)18(26-21(23)27-19)28-29-20(32)15(12-25-22(33)34)11-14-7-3-4-8-14/h14-16,25H,3-13H2,1-2H3,(H,29,32)(H,33,34)(H,26,27,28)/t15-,16+/m1/s1. The summed E-state index contributed by atoms with van der Waals surface area (Å²) in [5.41, 5.74) is 5.06. The number of carbonyl (C=O) groups is 2. The topological polar surface area (TPSA) is 123 Å². The van der Waals surface area contributed by atoms with Gasteiger partial charge in [0.25, 0.3) is 0 Å². The molecule has 3 rings (SSSR count). The summed E-state index contributed by atoms with van der Waals surface area (Å²) in [6.07, 6.45) is 6.54. The van der Waals surface area contributed by atoms with Crippen LogP contribution in [0.5, 0.6) is 0 Å². The molecule has 1 saturated heterocycles. The Morgan fingerprint density at radius 2 is 1.91 bits per heavy atom. The molecular weight excluding hydrogens is 465 g/mol. The number of nitrogens with one attached hydrogen (secondary N) is 3. The molecule has 2 atom stereocenters. The Morgan fingerprint density at radius 3 is 2.59 bits per heavy atom. The van der Waals surface area contributed by atoms with Crippen molar-refractivity contribution in [2.45, 2.75) is 57.4 Å². The van der Waals surface area contributed by atoms with Crippen LogP contribution in [0.4, 0.5) is 20.8 Å². The van der Waals surface area contributed by atoms with E-state index < -0.39 is 23.7 Å². The van der Waals surface area contributed by atoms with Gasteiger partial charge in [-0.05, 0) is 57.3 Å². The molecular formula is C22H35ClFN7O3. The van der Waals surface area contributed by atoms with Crippen LogP contribution in [0.2, 0.25) is 5.28 Å². The highest BCUT2D eigenvalue weighted by Crippen LogP contribution is 2.31. The van der Waals surface area contributed by atoms with Gasteiger partial charge in [0.2, 0.25) is 17.0 Å². The first-order valence-electron chi connectivity index (χ1n) is 11.9. The lowest BCUT2D eigenvalue weighted by atomic mass is 9.92.